The first-order valence-electron chi connectivity index (χ1n) is 10.5. The summed E-state index contributed by atoms with van der Waals surface area (Å²) in [6.45, 7) is 6.95. The van der Waals surface area contributed by atoms with Crippen LogP contribution in [0, 0.1) is 6.92 Å². The van der Waals surface area contributed by atoms with Gasteiger partial charge in [0.25, 0.3) is 0 Å². The summed E-state index contributed by atoms with van der Waals surface area (Å²) in [5.41, 5.74) is 3.75. The Bertz CT molecular complexity index is 825. The first-order chi connectivity index (χ1) is 13.8. The van der Waals surface area contributed by atoms with Gasteiger partial charge < -0.3 is 4.74 Å². The lowest BCUT2D eigenvalue weighted by Gasteiger charge is -2.19. The molecule has 0 radical (unpaired) electrons. The van der Waals surface area contributed by atoms with Crippen LogP contribution in [-0.4, -0.2) is 4.57 Å². The van der Waals surface area contributed by atoms with Crippen LogP contribution in [0.15, 0.2) is 73.3 Å². The van der Waals surface area contributed by atoms with E-state index in [1.54, 1.807) is 0 Å². The van der Waals surface area contributed by atoms with Gasteiger partial charge in [0.1, 0.15) is 25.0 Å². The number of aromatic nitrogens is 2. The van der Waals surface area contributed by atoms with Crippen molar-refractivity contribution in [2.24, 2.45) is 0 Å². The maximum atomic E-state index is 6.39. The van der Waals surface area contributed by atoms with E-state index in [-0.39, 0.29) is 6.10 Å². The summed E-state index contributed by atoms with van der Waals surface area (Å²) in [6.07, 6.45) is 11.7. The van der Waals surface area contributed by atoms with Crippen molar-refractivity contribution < 1.29 is 9.30 Å². The highest BCUT2D eigenvalue weighted by Crippen LogP contribution is 2.23. The molecule has 0 fully saturated rings. The molecule has 28 heavy (non-hydrogen) atoms. The van der Waals surface area contributed by atoms with Gasteiger partial charge in [-0.3, -0.25) is 0 Å². The molecular formula is C25H33N2O+. The summed E-state index contributed by atoms with van der Waals surface area (Å²) < 4.78 is 10.9. The predicted octanol–water partition coefficient (Wildman–Crippen LogP) is 5.62. The lowest BCUT2D eigenvalue weighted by molar-refractivity contribution is -0.704. The molecule has 3 rings (SSSR count). The standard InChI is InChI=1S/C25H33N2O/c1-3-4-5-11-16-26-17-18-27(21-26)19-25(24-15-10-9-12-22(24)2)28-20-23-13-7-6-8-14-23/h6-10,12-15,17-18,21,25H,3-5,11,16,19-20H2,1-2H3/q+1. The summed E-state index contributed by atoms with van der Waals surface area (Å²) in [5, 5.41) is 0. The lowest BCUT2D eigenvalue weighted by atomic mass is 10.0. The number of imidazole rings is 1. The zero-order chi connectivity index (χ0) is 19.6. The predicted molar refractivity (Wildman–Crippen MR) is 114 cm³/mol. The van der Waals surface area contributed by atoms with Crippen LogP contribution in [0.5, 0.6) is 0 Å². The minimum atomic E-state index is 0.0300. The number of ether oxygens (including phenoxy) is 1. The molecule has 0 aliphatic carbocycles. The average Bonchev–Trinajstić information content (AvgIpc) is 3.17. The van der Waals surface area contributed by atoms with Gasteiger partial charge in [-0.25, -0.2) is 9.13 Å². The molecule has 0 saturated heterocycles. The number of hydrogen-bond acceptors (Lipinski definition) is 1. The highest BCUT2D eigenvalue weighted by atomic mass is 16.5. The molecule has 3 aromatic rings. The molecule has 0 aliphatic heterocycles. The van der Waals surface area contributed by atoms with Crippen LogP contribution in [0.3, 0.4) is 0 Å². The van der Waals surface area contributed by atoms with Crippen molar-refractivity contribution >= 4 is 0 Å². The average molecular weight is 378 g/mol. The zero-order valence-electron chi connectivity index (χ0n) is 17.3. The number of unbranched alkanes of at least 4 members (excludes halogenated alkanes) is 3. The smallest absolute Gasteiger partial charge is 0.243 e. The normalized spacial score (nSPS) is 12.2. The van der Waals surface area contributed by atoms with Crippen LogP contribution in [-0.2, 0) is 24.4 Å². The van der Waals surface area contributed by atoms with Crippen molar-refractivity contribution in [2.75, 3.05) is 0 Å². The highest BCUT2D eigenvalue weighted by Gasteiger charge is 2.18. The van der Waals surface area contributed by atoms with E-state index in [0.717, 1.165) is 13.1 Å². The molecule has 1 unspecified atom stereocenters. The molecule has 148 valence electrons. The van der Waals surface area contributed by atoms with E-state index >= 15 is 0 Å². The lowest BCUT2D eigenvalue weighted by Crippen LogP contribution is -2.35. The zero-order valence-corrected chi connectivity index (χ0v) is 17.3. The topological polar surface area (TPSA) is 18.0 Å². The molecule has 1 aromatic heterocycles. The van der Waals surface area contributed by atoms with Crippen LogP contribution in [0.2, 0.25) is 0 Å². The Morgan fingerprint density at radius 2 is 1.75 bits per heavy atom. The second kappa shape index (κ2) is 10.8. The van der Waals surface area contributed by atoms with Crippen LogP contribution < -0.4 is 4.57 Å². The van der Waals surface area contributed by atoms with Gasteiger partial charge in [-0.1, -0.05) is 74.4 Å². The Morgan fingerprint density at radius 1 is 0.964 bits per heavy atom. The van der Waals surface area contributed by atoms with Crippen LogP contribution in [0.25, 0.3) is 0 Å². The molecule has 0 spiro atoms. The van der Waals surface area contributed by atoms with Gasteiger partial charge in [0.05, 0.1) is 13.2 Å². The molecular weight excluding hydrogens is 344 g/mol. The van der Waals surface area contributed by atoms with Gasteiger partial charge in [0.2, 0.25) is 6.33 Å². The van der Waals surface area contributed by atoms with E-state index in [9.17, 15) is 0 Å². The summed E-state index contributed by atoms with van der Waals surface area (Å²) in [5.74, 6) is 0. The van der Waals surface area contributed by atoms with Crippen molar-refractivity contribution in [3.8, 4) is 0 Å². The summed E-state index contributed by atoms with van der Waals surface area (Å²) in [6, 6.07) is 19.0. The number of nitrogens with zero attached hydrogens (tertiary/aromatic N) is 2. The van der Waals surface area contributed by atoms with E-state index in [4.69, 9.17) is 4.74 Å². The first kappa shape index (κ1) is 20.3. The second-order valence-electron chi connectivity index (χ2n) is 7.55. The van der Waals surface area contributed by atoms with Crippen LogP contribution >= 0.6 is 0 Å². The number of rotatable bonds is 11. The number of hydrogen-bond donors (Lipinski definition) is 0. The van der Waals surface area contributed by atoms with Crippen molar-refractivity contribution in [3.63, 3.8) is 0 Å². The maximum absolute atomic E-state index is 6.39. The van der Waals surface area contributed by atoms with E-state index in [2.05, 4.69) is 90.2 Å². The monoisotopic (exact) mass is 377 g/mol. The molecule has 3 nitrogen and oxygen atoms in total. The minimum absolute atomic E-state index is 0.0300. The van der Waals surface area contributed by atoms with Gasteiger partial charge in [-0.15, -0.1) is 0 Å². The third kappa shape index (κ3) is 6.07. The molecule has 2 aromatic carbocycles. The Morgan fingerprint density at radius 3 is 2.54 bits per heavy atom. The maximum Gasteiger partial charge on any atom is 0.243 e. The summed E-state index contributed by atoms with van der Waals surface area (Å²) >= 11 is 0. The molecule has 0 amide bonds. The van der Waals surface area contributed by atoms with Gasteiger partial charge in [-0.05, 0) is 36.5 Å². The molecule has 1 atom stereocenters. The van der Waals surface area contributed by atoms with Gasteiger partial charge >= 0.3 is 0 Å². The number of aryl methyl sites for hydroxylation is 2. The van der Waals surface area contributed by atoms with Crippen molar-refractivity contribution in [1.29, 1.82) is 0 Å². The van der Waals surface area contributed by atoms with E-state index in [0.29, 0.717) is 6.61 Å². The molecule has 3 heteroatoms. The molecule has 0 N–H and O–H groups in total. The van der Waals surface area contributed by atoms with Crippen LogP contribution in [0.1, 0.15) is 55.4 Å². The summed E-state index contributed by atoms with van der Waals surface area (Å²) in [7, 11) is 0. The third-order valence-electron chi connectivity index (χ3n) is 5.22. The van der Waals surface area contributed by atoms with Crippen molar-refractivity contribution in [2.45, 2.75) is 65.3 Å². The second-order valence-corrected chi connectivity index (χ2v) is 7.55. The molecule has 0 bridgehead atoms. The van der Waals surface area contributed by atoms with Crippen molar-refractivity contribution in [1.82, 2.24) is 4.57 Å². The quantitative estimate of drug-likeness (QED) is 0.313. The Balaban J connectivity index is 1.67. The first-order valence-corrected chi connectivity index (χ1v) is 10.5. The minimum Gasteiger partial charge on any atom is -0.365 e. The van der Waals surface area contributed by atoms with E-state index in [1.165, 1.54) is 42.4 Å². The fourth-order valence-electron chi connectivity index (χ4n) is 3.55. The van der Waals surface area contributed by atoms with Gasteiger partial charge in [0, 0.05) is 0 Å². The van der Waals surface area contributed by atoms with Gasteiger partial charge in [0.15, 0.2) is 0 Å². The summed E-state index contributed by atoms with van der Waals surface area (Å²) in [4.78, 5) is 0. The SMILES string of the molecule is CCCCCCn1cc[n+](CC(OCc2ccccc2)c2ccccc2C)c1. The Labute approximate surface area is 169 Å². The molecule has 1 heterocycles. The van der Waals surface area contributed by atoms with E-state index in [1.807, 2.05) is 6.07 Å². The fraction of sp³-hybridized carbons (Fsp3) is 0.400. The third-order valence-corrected chi connectivity index (χ3v) is 5.22. The van der Waals surface area contributed by atoms with Crippen molar-refractivity contribution in [3.05, 3.63) is 90.0 Å². The largest absolute Gasteiger partial charge is 0.365 e. The molecule has 0 aliphatic rings. The Kier molecular flexibility index (Phi) is 7.86. The van der Waals surface area contributed by atoms with E-state index < -0.39 is 0 Å². The fourth-order valence-corrected chi connectivity index (χ4v) is 3.55. The molecule has 0 saturated carbocycles. The Hall–Kier alpha value is -2.39. The number of benzene rings is 2. The van der Waals surface area contributed by atoms with Gasteiger partial charge in [-0.2, -0.15) is 0 Å². The van der Waals surface area contributed by atoms with Crippen LogP contribution in [0.4, 0.5) is 0 Å². The highest BCUT2D eigenvalue weighted by molar-refractivity contribution is 5.27.